The van der Waals surface area contributed by atoms with E-state index in [1.807, 2.05) is 0 Å². The summed E-state index contributed by atoms with van der Waals surface area (Å²) >= 11 is 0. The van der Waals surface area contributed by atoms with Gasteiger partial charge in [0.1, 0.15) is 6.10 Å². The predicted molar refractivity (Wildman–Crippen MR) is 133 cm³/mol. The molecule has 1 aliphatic heterocycles. The molecule has 12 atom stereocenters. The fraction of sp³-hybridized carbons (Fsp3) is 0.897. The summed E-state index contributed by atoms with van der Waals surface area (Å²) in [5.41, 5.74) is 1.82. The maximum Gasteiger partial charge on any atom is 0.302 e. The van der Waals surface area contributed by atoms with E-state index in [0.717, 1.165) is 51.5 Å². The van der Waals surface area contributed by atoms with E-state index in [2.05, 4.69) is 39.1 Å². The monoisotopic (exact) mass is 473 g/mol. The molecule has 0 unspecified atom stereocenters. The number of hydrogen-bond acceptors (Lipinski definition) is 5. The highest BCUT2D eigenvalue weighted by molar-refractivity contribution is 5.66. The number of allylic oxidation sites excluding steroid dienone is 1. The zero-order chi connectivity index (χ0) is 24.4. The highest BCUT2D eigenvalue weighted by atomic mass is 16.5. The van der Waals surface area contributed by atoms with Crippen molar-refractivity contribution in [2.24, 2.45) is 46.3 Å². The molecule has 192 valence electrons. The lowest BCUT2D eigenvalue weighted by molar-refractivity contribution is -0.151. The van der Waals surface area contributed by atoms with Crippen LogP contribution in [0.4, 0.5) is 0 Å². The second-order valence-corrected chi connectivity index (χ2v) is 13.3. The third-order valence-corrected chi connectivity index (χ3v) is 11.4. The lowest BCUT2D eigenvalue weighted by atomic mass is 9.47. The van der Waals surface area contributed by atoms with Gasteiger partial charge < -0.3 is 20.3 Å². The van der Waals surface area contributed by atoms with Gasteiger partial charge in [-0.2, -0.15) is 0 Å². The van der Waals surface area contributed by atoms with Crippen LogP contribution in [0, 0.1) is 46.3 Å². The molecule has 0 spiro atoms. The van der Waals surface area contributed by atoms with Crippen LogP contribution in [0.25, 0.3) is 0 Å². The van der Waals surface area contributed by atoms with Crippen LogP contribution in [0.2, 0.25) is 0 Å². The number of esters is 1. The Morgan fingerprint density at radius 3 is 2.65 bits per heavy atom. The van der Waals surface area contributed by atoms with Crippen molar-refractivity contribution in [1.29, 1.82) is 0 Å². The fourth-order valence-corrected chi connectivity index (χ4v) is 9.82. The van der Waals surface area contributed by atoms with Gasteiger partial charge in [-0.3, -0.25) is 4.79 Å². The number of rotatable bonds is 3. The first-order chi connectivity index (χ1) is 16.0. The van der Waals surface area contributed by atoms with Crippen molar-refractivity contribution < 1.29 is 19.7 Å². The summed E-state index contributed by atoms with van der Waals surface area (Å²) in [5.74, 6) is 2.62. The van der Waals surface area contributed by atoms with Crippen molar-refractivity contribution in [3.05, 3.63) is 11.6 Å². The van der Waals surface area contributed by atoms with Gasteiger partial charge in [0.05, 0.1) is 12.2 Å². The zero-order valence-corrected chi connectivity index (χ0v) is 21.9. The Morgan fingerprint density at radius 1 is 1.18 bits per heavy atom. The van der Waals surface area contributed by atoms with E-state index >= 15 is 0 Å². The standard InChI is InChI=1S/C29H47NO4/c1-16-12-24(33)27(30-15-16)17(2)26-25(34-18(3)31)14-23-21-7-6-19-13-20(32)8-10-28(19,4)22(21)9-11-29(23,26)5/h6,16-17,20-27,30,32-33H,7-15H2,1-5H3/t16-,17+,20+,21-,22+,23+,24+,25+,26+,27-,28+,29+/m1/s1. The Balaban J connectivity index is 1.45. The highest BCUT2D eigenvalue weighted by Crippen LogP contribution is 2.67. The number of carbonyl (C=O) groups excluding carboxylic acids is 1. The third kappa shape index (κ3) is 3.89. The number of hydrogen-bond donors (Lipinski definition) is 3. The molecule has 1 heterocycles. The van der Waals surface area contributed by atoms with E-state index in [-0.39, 0.29) is 53.0 Å². The molecule has 0 aromatic heterocycles. The van der Waals surface area contributed by atoms with Gasteiger partial charge >= 0.3 is 5.97 Å². The summed E-state index contributed by atoms with van der Waals surface area (Å²) in [5, 5.41) is 25.0. The first-order valence-electron chi connectivity index (χ1n) is 14.0. The molecule has 34 heavy (non-hydrogen) atoms. The SMILES string of the molecule is CC(=O)O[C@H]1C[C@H]2[C@@H]3CC=C4C[C@@H](O)CC[C@]4(C)[C@H]3CC[C@]2(C)[C@H]1[C@H](C)[C@H]1NC[C@H](C)C[C@@H]1O. The molecule has 3 N–H and O–H groups in total. The van der Waals surface area contributed by atoms with Crippen LogP contribution in [0.5, 0.6) is 0 Å². The van der Waals surface area contributed by atoms with Gasteiger partial charge in [0.2, 0.25) is 0 Å². The van der Waals surface area contributed by atoms with Crippen LogP contribution < -0.4 is 5.32 Å². The maximum atomic E-state index is 12.2. The molecular formula is C29H47NO4. The van der Waals surface area contributed by atoms with Gasteiger partial charge in [0.25, 0.3) is 0 Å². The van der Waals surface area contributed by atoms with Crippen molar-refractivity contribution in [1.82, 2.24) is 5.32 Å². The molecule has 3 saturated carbocycles. The van der Waals surface area contributed by atoms with Gasteiger partial charge in [0, 0.05) is 18.9 Å². The smallest absolute Gasteiger partial charge is 0.302 e. The van der Waals surface area contributed by atoms with E-state index in [1.54, 1.807) is 6.92 Å². The van der Waals surface area contributed by atoms with E-state index in [4.69, 9.17) is 4.74 Å². The molecule has 4 fully saturated rings. The molecule has 0 bridgehead atoms. The predicted octanol–water partition coefficient (Wildman–Crippen LogP) is 4.46. The van der Waals surface area contributed by atoms with Crippen LogP contribution in [-0.2, 0) is 9.53 Å². The fourth-order valence-electron chi connectivity index (χ4n) is 9.82. The number of carbonyl (C=O) groups is 1. The lowest BCUT2D eigenvalue weighted by Gasteiger charge is -2.58. The van der Waals surface area contributed by atoms with E-state index < -0.39 is 0 Å². The first-order valence-corrected chi connectivity index (χ1v) is 14.0. The quantitative estimate of drug-likeness (QED) is 0.417. The Morgan fingerprint density at radius 2 is 1.94 bits per heavy atom. The summed E-state index contributed by atoms with van der Waals surface area (Å²) in [4.78, 5) is 12.2. The summed E-state index contributed by atoms with van der Waals surface area (Å²) in [6, 6.07) is 0.0581. The van der Waals surface area contributed by atoms with Crippen LogP contribution in [0.15, 0.2) is 11.6 Å². The Kier molecular flexibility index (Phi) is 6.47. The Labute approximate surface area is 206 Å². The molecule has 1 saturated heterocycles. The van der Waals surface area contributed by atoms with Crippen LogP contribution in [0.3, 0.4) is 0 Å². The van der Waals surface area contributed by atoms with E-state index in [1.165, 1.54) is 12.0 Å². The molecule has 0 amide bonds. The zero-order valence-electron chi connectivity index (χ0n) is 21.9. The molecular weight excluding hydrogens is 426 g/mol. The molecule has 0 radical (unpaired) electrons. The van der Waals surface area contributed by atoms with Crippen LogP contribution in [0.1, 0.15) is 86.0 Å². The van der Waals surface area contributed by atoms with Gasteiger partial charge in [-0.05, 0) is 98.3 Å². The minimum Gasteiger partial charge on any atom is -0.462 e. The number of nitrogens with one attached hydrogen (secondary N) is 1. The molecule has 5 aliphatic rings. The molecule has 0 aromatic carbocycles. The van der Waals surface area contributed by atoms with E-state index in [9.17, 15) is 15.0 Å². The van der Waals surface area contributed by atoms with Gasteiger partial charge in [-0.25, -0.2) is 0 Å². The molecule has 5 nitrogen and oxygen atoms in total. The second-order valence-electron chi connectivity index (χ2n) is 13.3. The Hall–Kier alpha value is -0.910. The number of piperidine rings is 1. The maximum absolute atomic E-state index is 12.2. The number of ether oxygens (including phenoxy) is 1. The average Bonchev–Trinajstić information content (AvgIpc) is 3.05. The molecule has 5 heteroatoms. The molecule has 4 aliphatic carbocycles. The van der Waals surface area contributed by atoms with Gasteiger partial charge in [0.15, 0.2) is 0 Å². The first kappa shape index (κ1) is 24.8. The highest BCUT2D eigenvalue weighted by Gasteiger charge is 2.63. The van der Waals surface area contributed by atoms with E-state index in [0.29, 0.717) is 23.7 Å². The molecule has 5 rings (SSSR count). The van der Waals surface area contributed by atoms with Crippen molar-refractivity contribution in [2.75, 3.05) is 6.54 Å². The lowest BCUT2D eigenvalue weighted by Crippen LogP contribution is -2.57. The van der Waals surface area contributed by atoms with Crippen LogP contribution in [-0.4, -0.2) is 47.1 Å². The minimum atomic E-state index is -0.344. The number of fused-ring (bicyclic) bond motifs is 5. The average molecular weight is 474 g/mol. The van der Waals surface area contributed by atoms with Crippen molar-refractivity contribution in [2.45, 2.75) is 110 Å². The second kappa shape index (κ2) is 8.88. The van der Waals surface area contributed by atoms with Gasteiger partial charge in [-0.15, -0.1) is 0 Å². The molecule has 0 aromatic rings. The van der Waals surface area contributed by atoms with Crippen molar-refractivity contribution in [3.8, 4) is 0 Å². The number of aliphatic hydroxyl groups excluding tert-OH is 2. The van der Waals surface area contributed by atoms with Crippen molar-refractivity contribution in [3.63, 3.8) is 0 Å². The minimum absolute atomic E-state index is 0.0581. The summed E-state index contributed by atoms with van der Waals surface area (Å²) in [6.45, 7) is 11.9. The Bertz CT molecular complexity index is 827. The third-order valence-electron chi connectivity index (χ3n) is 11.4. The normalized spacial score (nSPS) is 51.5. The van der Waals surface area contributed by atoms with Crippen LogP contribution >= 0.6 is 0 Å². The number of aliphatic hydroxyl groups is 2. The largest absolute Gasteiger partial charge is 0.462 e. The topological polar surface area (TPSA) is 78.8 Å². The van der Waals surface area contributed by atoms with Crippen molar-refractivity contribution >= 4 is 5.97 Å². The summed E-state index contributed by atoms with van der Waals surface area (Å²) < 4.78 is 6.08. The summed E-state index contributed by atoms with van der Waals surface area (Å²) in [6.07, 6.45) is 10.0. The van der Waals surface area contributed by atoms with Gasteiger partial charge in [-0.1, -0.05) is 39.3 Å². The summed E-state index contributed by atoms with van der Waals surface area (Å²) in [7, 11) is 0.